The largest absolute Gasteiger partial charge is 0.384 e. The van der Waals surface area contributed by atoms with Gasteiger partial charge in [0.05, 0.1) is 11.3 Å². The molecule has 3 heteroatoms. The molecule has 0 saturated heterocycles. The van der Waals surface area contributed by atoms with E-state index in [9.17, 15) is 9.90 Å². The summed E-state index contributed by atoms with van der Waals surface area (Å²) in [4.78, 5) is 13.1. The van der Waals surface area contributed by atoms with Gasteiger partial charge in [0.15, 0.2) is 5.78 Å². The number of benzene rings is 2. The fourth-order valence-corrected chi connectivity index (χ4v) is 3.62. The van der Waals surface area contributed by atoms with Gasteiger partial charge in [0.1, 0.15) is 0 Å². The molecule has 0 unspecified atom stereocenters. The third-order valence-electron chi connectivity index (χ3n) is 4.61. The average molecular weight is 349 g/mol. The normalized spacial score (nSPS) is 12.1. The molecule has 0 spiro atoms. The summed E-state index contributed by atoms with van der Waals surface area (Å²) in [5.74, 6) is 0.369. The Kier molecular flexibility index (Phi) is 5.01. The van der Waals surface area contributed by atoms with Gasteiger partial charge in [-0.2, -0.15) is 0 Å². The average Bonchev–Trinajstić information content (AvgIpc) is 2.90. The molecule has 2 aromatic carbocycles. The van der Waals surface area contributed by atoms with E-state index in [-0.39, 0.29) is 11.7 Å². The Morgan fingerprint density at radius 1 is 1.04 bits per heavy atom. The first-order valence-corrected chi connectivity index (χ1v) is 9.20. The molecule has 1 heterocycles. The van der Waals surface area contributed by atoms with E-state index >= 15 is 0 Å². The van der Waals surface area contributed by atoms with E-state index in [2.05, 4.69) is 16.7 Å². The van der Waals surface area contributed by atoms with Crippen LogP contribution in [0.5, 0.6) is 0 Å². The Bertz CT molecular complexity index is 915. The second kappa shape index (κ2) is 7.08. The Morgan fingerprint density at radius 3 is 2.27 bits per heavy atom. The molecule has 1 N–H and O–H groups in total. The second-order valence-electron chi connectivity index (χ2n) is 7.89. The van der Waals surface area contributed by atoms with E-state index in [4.69, 9.17) is 0 Å². The zero-order valence-electron chi connectivity index (χ0n) is 16.0. The van der Waals surface area contributed by atoms with Gasteiger partial charge < -0.3 is 9.67 Å². The number of Topliss-reactive ketones (excluding diaryl/α,β-unsaturated/α-hetero) is 1. The molecule has 3 nitrogen and oxygen atoms in total. The van der Waals surface area contributed by atoms with Crippen LogP contribution in [0.1, 0.15) is 55.7 Å². The lowest BCUT2D eigenvalue weighted by molar-refractivity contribution is 0.0677. The molecule has 0 aliphatic carbocycles. The van der Waals surface area contributed by atoms with E-state index in [0.29, 0.717) is 24.2 Å². The number of nitrogens with zero attached hydrogens (tertiary/aromatic N) is 1. The molecular weight excluding hydrogens is 322 g/mol. The summed E-state index contributed by atoms with van der Waals surface area (Å²) in [6, 6.07) is 18.1. The first-order valence-electron chi connectivity index (χ1n) is 9.20. The highest BCUT2D eigenvalue weighted by Gasteiger charge is 2.31. The van der Waals surface area contributed by atoms with E-state index in [1.165, 1.54) is 0 Å². The lowest BCUT2D eigenvalue weighted by Gasteiger charge is -2.23. The van der Waals surface area contributed by atoms with Gasteiger partial charge in [0.25, 0.3) is 0 Å². The smallest absolute Gasteiger partial charge is 0.165 e. The highest BCUT2D eigenvalue weighted by Crippen LogP contribution is 2.35. The second-order valence-corrected chi connectivity index (χ2v) is 7.89. The van der Waals surface area contributed by atoms with Crippen LogP contribution in [-0.2, 0) is 12.1 Å². The van der Waals surface area contributed by atoms with E-state index < -0.39 is 5.60 Å². The number of fused-ring (bicyclic) bond motifs is 1. The number of carbonyl (C=O) groups excluding carboxylic acids is 1. The minimum atomic E-state index is -1.12. The standard InChI is InChI=1S/C23H27NO2/c1-16(2)14-20(25)21-18-12-8-9-13-19(18)24(22(21)23(3,4)26)15-17-10-6-5-7-11-17/h5-13,16,26H,14-15H2,1-4H3. The maximum Gasteiger partial charge on any atom is 0.165 e. The monoisotopic (exact) mass is 349 g/mol. The lowest BCUT2D eigenvalue weighted by Crippen LogP contribution is -2.24. The van der Waals surface area contributed by atoms with Crippen LogP contribution in [0, 0.1) is 5.92 Å². The van der Waals surface area contributed by atoms with Crippen LogP contribution >= 0.6 is 0 Å². The number of carbonyl (C=O) groups is 1. The molecule has 26 heavy (non-hydrogen) atoms. The van der Waals surface area contributed by atoms with Crippen LogP contribution < -0.4 is 0 Å². The number of hydrogen-bond acceptors (Lipinski definition) is 2. The van der Waals surface area contributed by atoms with Crippen molar-refractivity contribution in [2.75, 3.05) is 0 Å². The number of aliphatic hydroxyl groups is 1. The number of hydrogen-bond donors (Lipinski definition) is 1. The van der Waals surface area contributed by atoms with E-state index in [1.54, 1.807) is 13.8 Å². The molecular formula is C23H27NO2. The van der Waals surface area contributed by atoms with Gasteiger partial charge in [0, 0.05) is 29.4 Å². The number of ketones is 1. The fraction of sp³-hybridized carbons (Fsp3) is 0.348. The van der Waals surface area contributed by atoms with Crippen LogP contribution in [0.3, 0.4) is 0 Å². The van der Waals surface area contributed by atoms with Crippen LogP contribution in [0.2, 0.25) is 0 Å². The highest BCUT2D eigenvalue weighted by molar-refractivity contribution is 6.10. The summed E-state index contributed by atoms with van der Waals surface area (Å²) in [6.45, 7) is 8.23. The molecule has 136 valence electrons. The Hall–Kier alpha value is -2.39. The number of aromatic nitrogens is 1. The van der Waals surface area contributed by atoms with Gasteiger partial charge in [0.2, 0.25) is 0 Å². The van der Waals surface area contributed by atoms with Gasteiger partial charge in [-0.3, -0.25) is 4.79 Å². The summed E-state index contributed by atoms with van der Waals surface area (Å²) >= 11 is 0. The van der Waals surface area contributed by atoms with Crippen molar-refractivity contribution in [1.82, 2.24) is 4.57 Å². The molecule has 0 fully saturated rings. The molecule has 0 saturated carbocycles. The molecule has 0 aliphatic heterocycles. The zero-order valence-corrected chi connectivity index (χ0v) is 16.0. The lowest BCUT2D eigenvalue weighted by atomic mass is 9.93. The zero-order chi connectivity index (χ0) is 18.9. The maximum atomic E-state index is 13.1. The fourth-order valence-electron chi connectivity index (χ4n) is 3.62. The molecule has 0 radical (unpaired) electrons. The van der Waals surface area contributed by atoms with E-state index in [0.717, 1.165) is 16.5 Å². The minimum absolute atomic E-state index is 0.0973. The van der Waals surface area contributed by atoms with Gasteiger partial charge in [-0.25, -0.2) is 0 Å². The Balaban J connectivity index is 2.27. The SMILES string of the molecule is CC(C)CC(=O)c1c(C(C)(C)O)n(Cc2ccccc2)c2ccccc12. The first-order chi connectivity index (χ1) is 12.3. The van der Waals surface area contributed by atoms with Crippen molar-refractivity contribution in [2.45, 2.75) is 46.3 Å². The molecule has 0 aliphatic rings. The topological polar surface area (TPSA) is 42.2 Å². The molecule has 3 aromatic rings. The van der Waals surface area contributed by atoms with Crippen LogP contribution in [0.25, 0.3) is 10.9 Å². The minimum Gasteiger partial charge on any atom is -0.384 e. The Labute approximate surface area is 155 Å². The molecule has 1 aromatic heterocycles. The molecule has 3 rings (SSSR count). The van der Waals surface area contributed by atoms with Gasteiger partial charge in [-0.15, -0.1) is 0 Å². The third kappa shape index (κ3) is 3.58. The quantitative estimate of drug-likeness (QED) is 0.626. The predicted molar refractivity (Wildman–Crippen MR) is 107 cm³/mol. The third-order valence-corrected chi connectivity index (χ3v) is 4.61. The van der Waals surface area contributed by atoms with Crippen molar-refractivity contribution >= 4 is 16.7 Å². The molecule has 0 amide bonds. The summed E-state index contributed by atoms with van der Waals surface area (Å²) in [6.07, 6.45) is 0.475. The van der Waals surface area contributed by atoms with Crippen LogP contribution in [0.4, 0.5) is 0 Å². The van der Waals surface area contributed by atoms with Crippen LogP contribution in [-0.4, -0.2) is 15.5 Å². The van der Waals surface area contributed by atoms with Crippen molar-refractivity contribution in [3.8, 4) is 0 Å². The van der Waals surface area contributed by atoms with Crippen molar-refractivity contribution in [3.63, 3.8) is 0 Å². The Morgan fingerprint density at radius 2 is 1.65 bits per heavy atom. The van der Waals surface area contributed by atoms with Gasteiger partial charge in [-0.1, -0.05) is 62.4 Å². The van der Waals surface area contributed by atoms with Gasteiger partial charge >= 0.3 is 0 Å². The summed E-state index contributed by atoms with van der Waals surface area (Å²) in [5, 5.41) is 11.9. The van der Waals surface area contributed by atoms with Crippen molar-refractivity contribution < 1.29 is 9.90 Å². The van der Waals surface area contributed by atoms with E-state index in [1.807, 2.05) is 56.3 Å². The first kappa shape index (κ1) is 18.4. The molecule has 0 bridgehead atoms. The number of rotatable bonds is 6. The molecule has 0 atom stereocenters. The maximum absolute atomic E-state index is 13.1. The summed E-state index contributed by atoms with van der Waals surface area (Å²) in [5.41, 5.74) is 2.38. The van der Waals surface area contributed by atoms with Crippen molar-refractivity contribution in [2.24, 2.45) is 5.92 Å². The summed E-state index contributed by atoms with van der Waals surface area (Å²) in [7, 11) is 0. The predicted octanol–water partition coefficient (Wildman–Crippen LogP) is 5.15. The van der Waals surface area contributed by atoms with Crippen molar-refractivity contribution in [1.29, 1.82) is 0 Å². The number of para-hydroxylation sites is 1. The van der Waals surface area contributed by atoms with Crippen molar-refractivity contribution in [3.05, 3.63) is 71.4 Å². The van der Waals surface area contributed by atoms with Crippen LogP contribution in [0.15, 0.2) is 54.6 Å². The highest BCUT2D eigenvalue weighted by atomic mass is 16.3. The summed E-state index contributed by atoms with van der Waals surface area (Å²) < 4.78 is 2.10. The van der Waals surface area contributed by atoms with Gasteiger partial charge in [-0.05, 0) is 31.4 Å².